The summed E-state index contributed by atoms with van der Waals surface area (Å²) in [6.45, 7) is 1.30. The first-order valence-corrected chi connectivity index (χ1v) is 3.58. The van der Waals surface area contributed by atoms with E-state index in [-0.39, 0.29) is 11.8 Å². The van der Waals surface area contributed by atoms with E-state index in [0.29, 0.717) is 0 Å². The minimum atomic E-state index is -1.18. The van der Waals surface area contributed by atoms with E-state index in [4.69, 9.17) is 10.8 Å². The molecule has 0 aliphatic heterocycles. The third-order valence-electron chi connectivity index (χ3n) is 1.19. The molecule has 0 aromatic carbocycles. The van der Waals surface area contributed by atoms with E-state index in [9.17, 15) is 4.79 Å². The minimum absolute atomic E-state index is 0.0101. The average molecular weight is 183 g/mol. The van der Waals surface area contributed by atoms with Crippen LogP contribution in [0.3, 0.4) is 0 Å². The second-order valence-electron chi connectivity index (χ2n) is 2.35. The summed E-state index contributed by atoms with van der Waals surface area (Å²) in [5, 5.41) is 8.80. The van der Waals surface area contributed by atoms with Crippen molar-refractivity contribution >= 4 is 11.9 Å². The first kappa shape index (κ1) is 9.40. The normalized spacial score (nSPS) is 12.2. The van der Waals surface area contributed by atoms with Crippen molar-refractivity contribution in [1.82, 2.24) is 9.97 Å². The predicted octanol–water partition coefficient (Wildman–Crippen LogP) is -0.655. The Balaban J connectivity index is 2.69. The summed E-state index contributed by atoms with van der Waals surface area (Å²) in [6.07, 6.45) is 0.170. The molecule has 70 valence electrons. The van der Waals surface area contributed by atoms with E-state index in [1.807, 2.05) is 0 Å². The van der Waals surface area contributed by atoms with Gasteiger partial charge in [-0.2, -0.15) is 4.98 Å². The summed E-state index contributed by atoms with van der Waals surface area (Å²) >= 11 is 0. The van der Waals surface area contributed by atoms with Gasteiger partial charge in [0.2, 0.25) is 11.8 Å². The number of nitrogens with two attached hydrogens (primary N) is 1. The molecular formula is C7H9N3O3. The number of anilines is 1. The molecule has 0 aliphatic rings. The Morgan fingerprint density at radius 1 is 1.77 bits per heavy atom. The van der Waals surface area contributed by atoms with Crippen molar-refractivity contribution in [3.8, 4) is 5.88 Å². The van der Waals surface area contributed by atoms with Crippen molar-refractivity contribution in [3.05, 3.63) is 12.3 Å². The van der Waals surface area contributed by atoms with E-state index >= 15 is 0 Å². The van der Waals surface area contributed by atoms with Crippen molar-refractivity contribution < 1.29 is 14.6 Å². The van der Waals surface area contributed by atoms with Crippen LogP contribution >= 0.6 is 0 Å². The Bertz CT molecular complexity index is 314. The second-order valence-corrected chi connectivity index (χ2v) is 2.35. The van der Waals surface area contributed by atoms with Gasteiger partial charge >= 0.3 is 5.97 Å². The molecular weight excluding hydrogens is 174 g/mol. The van der Waals surface area contributed by atoms with Gasteiger partial charge in [-0.05, 0) is 6.92 Å². The zero-order valence-corrected chi connectivity index (χ0v) is 6.97. The zero-order chi connectivity index (χ0) is 9.84. The maximum Gasteiger partial charge on any atom is 0.341 e. The lowest BCUT2D eigenvalue weighted by Crippen LogP contribution is -2.22. The third-order valence-corrected chi connectivity index (χ3v) is 1.19. The van der Waals surface area contributed by atoms with E-state index in [0.717, 1.165) is 0 Å². The molecule has 1 aromatic rings. The Labute approximate surface area is 74.4 Å². The van der Waals surface area contributed by atoms with E-state index < -0.39 is 12.1 Å². The number of nitrogen functional groups attached to an aromatic ring is 1. The first-order chi connectivity index (χ1) is 6.09. The Kier molecular flexibility index (Phi) is 2.76. The molecule has 1 heterocycles. The van der Waals surface area contributed by atoms with E-state index in [1.54, 1.807) is 0 Å². The highest BCUT2D eigenvalue weighted by atomic mass is 16.6. The number of rotatable bonds is 2. The number of aliphatic hydroxyl groups excluding tert-OH is 1. The van der Waals surface area contributed by atoms with E-state index in [1.165, 1.54) is 19.2 Å². The first-order valence-electron chi connectivity index (χ1n) is 3.58. The van der Waals surface area contributed by atoms with Crippen molar-refractivity contribution in [1.29, 1.82) is 0 Å². The summed E-state index contributed by atoms with van der Waals surface area (Å²) in [4.78, 5) is 18.1. The average Bonchev–Trinajstić information content (AvgIpc) is 2.04. The quantitative estimate of drug-likeness (QED) is 0.591. The van der Waals surface area contributed by atoms with Gasteiger partial charge in [-0.15, -0.1) is 0 Å². The number of carbonyl (C=O) groups is 1. The van der Waals surface area contributed by atoms with Crippen molar-refractivity contribution in [2.24, 2.45) is 0 Å². The van der Waals surface area contributed by atoms with Crippen molar-refractivity contribution in [2.45, 2.75) is 13.0 Å². The van der Waals surface area contributed by atoms with Gasteiger partial charge in [-0.1, -0.05) is 0 Å². The SMILES string of the molecule is CC(O)C(=O)Oc1ccnc(N)n1. The van der Waals surface area contributed by atoms with Gasteiger partial charge in [0.05, 0.1) is 0 Å². The standard InChI is InChI=1S/C7H9N3O3/c1-4(11)6(12)13-5-2-3-9-7(8)10-5/h2-4,11H,1H3,(H2,8,9,10). The fraction of sp³-hybridized carbons (Fsp3) is 0.286. The predicted molar refractivity (Wildman–Crippen MR) is 43.8 cm³/mol. The topological polar surface area (TPSA) is 98.3 Å². The highest BCUT2D eigenvalue weighted by Crippen LogP contribution is 2.06. The molecule has 0 radical (unpaired) electrons. The maximum absolute atomic E-state index is 10.9. The van der Waals surface area contributed by atoms with Crippen LogP contribution in [0.15, 0.2) is 12.3 Å². The van der Waals surface area contributed by atoms with Crippen LogP contribution in [0.25, 0.3) is 0 Å². The van der Waals surface area contributed by atoms with Gasteiger partial charge in [0, 0.05) is 12.3 Å². The molecule has 1 aromatic heterocycles. The number of aliphatic hydroxyl groups is 1. The van der Waals surface area contributed by atoms with Crippen LogP contribution in [0.2, 0.25) is 0 Å². The molecule has 0 aliphatic carbocycles. The zero-order valence-electron chi connectivity index (χ0n) is 6.97. The largest absolute Gasteiger partial charge is 0.405 e. The summed E-state index contributed by atoms with van der Waals surface area (Å²) in [6, 6.07) is 1.37. The lowest BCUT2D eigenvalue weighted by molar-refractivity contribution is -0.143. The molecule has 0 fully saturated rings. The van der Waals surface area contributed by atoms with Crippen LogP contribution in [-0.2, 0) is 4.79 Å². The number of hydrogen-bond donors (Lipinski definition) is 2. The molecule has 6 nitrogen and oxygen atoms in total. The van der Waals surface area contributed by atoms with Gasteiger partial charge in [0.1, 0.15) is 6.10 Å². The van der Waals surface area contributed by atoms with E-state index in [2.05, 4.69) is 14.7 Å². The Hall–Kier alpha value is -1.69. The Morgan fingerprint density at radius 3 is 3.00 bits per heavy atom. The molecule has 1 unspecified atom stereocenters. The molecule has 1 atom stereocenters. The highest BCUT2D eigenvalue weighted by molar-refractivity contribution is 5.76. The van der Waals surface area contributed by atoms with Crippen LogP contribution in [-0.4, -0.2) is 27.1 Å². The summed E-state index contributed by atoms with van der Waals surface area (Å²) in [7, 11) is 0. The van der Waals surface area contributed by atoms with Crippen LogP contribution in [0, 0.1) is 0 Å². The van der Waals surface area contributed by atoms with Crippen molar-refractivity contribution in [2.75, 3.05) is 5.73 Å². The number of aromatic nitrogens is 2. The van der Waals surface area contributed by atoms with Crippen LogP contribution in [0.4, 0.5) is 5.95 Å². The maximum atomic E-state index is 10.9. The molecule has 1 rings (SSSR count). The second kappa shape index (κ2) is 3.81. The molecule has 0 saturated heterocycles. The Morgan fingerprint density at radius 2 is 2.46 bits per heavy atom. The summed E-state index contributed by atoms with van der Waals surface area (Å²) in [5.74, 6) is -0.743. The third kappa shape index (κ3) is 2.68. The van der Waals surface area contributed by atoms with Gasteiger partial charge in [-0.3, -0.25) is 0 Å². The van der Waals surface area contributed by atoms with Gasteiger partial charge < -0.3 is 15.6 Å². The molecule has 0 amide bonds. The molecule has 6 heteroatoms. The molecule has 3 N–H and O–H groups in total. The minimum Gasteiger partial charge on any atom is -0.405 e. The van der Waals surface area contributed by atoms with Gasteiger partial charge in [0.25, 0.3) is 0 Å². The van der Waals surface area contributed by atoms with Crippen molar-refractivity contribution in [3.63, 3.8) is 0 Å². The highest BCUT2D eigenvalue weighted by Gasteiger charge is 2.11. The fourth-order valence-electron chi connectivity index (χ4n) is 0.602. The number of nitrogens with zero attached hydrogens (tertiary/aromatic N) is 2. The van der Waals surface area contributed by atoms with Gasteiger partial charge in [0.15, 0.2) is 0 Å². The number of esters is 1. The van der Waals surface area contributed by atoms with Crippen LogP contribution < -0.4 is 10.5 Å². The smallest absolute Gasteiger partial charge is 0.341 e. The lowest BCUT2D eigenvalue weighted by atomic mass is 10.4. The van der Waals surface area contributed by atoms with Crippen LogP contribution in [0.5, 0.6) is 5.88 Å². The number of carbonyl (C=O) groups excluding carboxylic acids is 1. The van der Waals surface area contributed by atoms with Gasteiger partial charge in [-0.25, -0.2) is 9.78 Å². The lowest BCUT2D eigenvalue weighted by Gasteiger charge is -2.04. The van der Waals surface area contributed by atoms with Crippen LogP contribution in [0.1, 0.15) is 6.92 Å². The number of ether oxygens (including phenoxy) is 1. The monoisotopic (exact) mass is 183 g/mol. The summed E-state index contributed by atoms with van der Waals surface area (Å²) in [5.41, 5.74) is 5.23. The summed E-state index contributed by atoms with van der Waals surface area (Å²) < 4.78 is 4.64. The fourth-order valence-corrected chi connectivity index (χ4v) is 0.602. The number of hydrogen-bond acceptors (Lipinski definition) is 6. The molecule has 0 saturated carbocycles. The molecule has 0 bridgehead atoms. The molecule has 13 heavy (non-hydrogen) atoms. The molecule has 0 spiro atoms.